The van der Waals surface area contributed by atoms with Crippen LogP contribution in [0.3, 0.4) is 0 Å². The first kappa shape index (κ1) is 14.4. The molecule has 0 fully saturated rings. The molecule has 0 aliphatic rings. The molecule has 5 aromatic rings. The molecule has 3 aromatic heterocycles. The zero-order valence-corrected chi connectivity index (χ0v) is 13.4. The van der Waals surface area contributed by atoms with Gasteiger partial charge in [0.25, 0.3) is 11.5 Å². The van der Waals surface area contributed by atoms with Gasteiger partial charge in [0.05, 0.1) is 28.1 Å². The number of hydrogen-bond acceptors (Lipinski definition) is 4. The van der Waals surface area contributed by atoms with Gasteiger partial charge in [0.2, 0.25) is 5.95 Å². The number of imidazole rings is 1. The van der Waals surface area contributed by atoms with Crippen molar-refractivity contribution in [2.45, 2.75) is 0 Å². The second-order valence-corrected chi connectivity index (χ2v) is 5.85. The predicted octanol–water partition coefficient (Wildman–Crippen LogP) is 2.30. The molecule has 0 aliphatic carbocycles. The number of fused-ring (bicyclic) bond motifs is 4. The van der Waals surface area contributed by atoms with Gasteiger partial charge in [-0.15, -0.1) is 0 Å². The second-order valence-electron chi connectivity index (χ2n) is 5.85. The van der Waals surface area contributed by atoms with E-state index in [2.05, 4.69) is 25.4 Å². The summed E-state index contributed by atoms with van der Waals surface area (Å²) < 4.78 is 1.55. The third-order valence-corrected chi connectivity index (χ3v) is 4.24. The third kappa shape index (κ3) is 2.09. The lowest BCUT2D eigenvalue weighted by molar-refractivity contribution is 0.102. The molecule has 0 radical (unpaired) electrons. The van der Waals surface area contributed by atoms with Crippen LogP contribution in [0.4, 0.5) is 5.95 Å². The highest BCUT2D eigenvalue weighted by atomic mass is 16.2. The van der Waals surface area contributed by atoms with Crippen LogP contribution in [0.1, 0.15) is 10.4 Å². The quantitative estimate of drug-likeness (QED) is 0.456. The maximum absolute atomic E-state index is 12.7. The largest absolute Gasteiger partial charge is 0.324 e. The van der Waals surface area contributed by atoms with E-state index in [1.807, 2.05) is 30.3 Å². The number of aromatic nitrogens is 5. The number of carbonyl (C=O) groups is 1. The molecule has 0 bridgehead atoms. The highest BCUT2D eigenvalue weighted by Crippen LogP contribution is 2.17. The third-order valence-electron chi connectivity index (χ3n) is 4.24. The number of nitrogens with zero attached hydrogens (tertiary/aromatic N) is 3. The Bertz CT molecular complexity index is 1330. The van der Waals surface area contributed by atoms with E-state index in [9.17, 15) is 9.59 Å². The SMILES string of the molecule is O=C(Nc1nc2ccccc2[nH]1)c1cnn2c1[nH]c(=O)c1ccccc12. The van der Waals surface area contributed by atoms with Gasteiger partial charge in [0, 0.05) is 0 Å². The smallest absolute Gasteiger partial charge is 0.263 e. The minimum Gasteiger partial charge on any atom is -0.324 e. The molecule has 0 atom stereocenters. The van der Waals surface area contributed by atoms with E-state index in [0.717, 1.165) is 11.0 Å². The van der Waals surface area contributed by atoms with Crippen LogP contribution in [0.5, 0.6) is 0 Å². The summed E-state index contributed by atoms with van der Waals surface area (Å²) in [7, 11) is 0. The van der Waals surface area contributed by atoms with Crippen molar-refractivity contribution in [3.8, 4) is 0 Å². The van der Waals surface area contributed by atoms with Gasteiger partial charge in [0.15, 0.2) is 0 Å². The first-order chi connectivity index (χ1) is 12.7. The lowest BCUT2D eigenvalue weighted by Crippen LogP contribution is -2.15. The van der Waals surface area contributed by atoms with E-state index < -0.39 is 5.91 Å². The van der Waals surface area contributed by atoms with Crippen molar-refractivity contribution >= 4 is 39.4 Å². The van der Waals surface area contributed by atoms with Crippen LogP contribution in [0.15, 0.2) is 59.5 Å². The first-order valence-corrected chi connectivity index (χ1v) is 7.95. The maximum atomic E-state index is 12.7. The highest BCUT2D eigenvalue weighted by Gasteiger charge is 2.17. The van der Waals surface area contributed by atoms with Crippen LogP contribution in [-0.2, 0) is 0 Å². The Kier molecular flexibility index (Phi) is 2.93. The topological polar surface area (TPSA) is 108 Å². The lowest BCUT2D eigenvalue weighted by Gasteiger charge is -2.02. The molecule has 1 amide bonds. The molecule has 126 valence electrons. The molecule has 2 aromatic carbocycles. The van der Waals surface area contributed by atoms with Crippen LogP contribution in [0.2, 0.25) is 0 Å². The Hall–Kier alpha value is -3.94. The van der Waals surface area contributed by atoms with E-state index in [1.54, 1.807) is 22.7 Å². The fraction of sp³-hybridized carbons (Fsp3) is 0. The number of amides is 1. The number of aromatic amines is 2. The Labute approximate surface area is 145 Å². The number of H-pyrrole nitrogens is 2. The average molecular weight is 344 g/mol. The van der Waals surface area contributed by atoms with Crippen molar-refractivity contribution in [1.29, 1.82) is 0 Å². The summed E-state index contributed by atoms with van der Waals surface area (Å²) in [6.45, 7) is 0. The Balaban J connectivity index is 1.60. The van der Waals surface area contributed by atoms with Crippen LogP contribution in [0.25, 0.3) is 27.6 Å². The number of para-hydroxylation sites is 3. The van der Waals surface area contributed by atoms with Crippen molar-refractivity contribution in [3.63, 3.8) is 0 Å². The molecular formula is C18H12N6O2. The summed E-state index contributed by atoms with van der Waals surface area (Å²) in [6.07, 6.45) is 1.43. The second kappa shape index (κ2) is 5.28. The van der Waals surface area contributed by atoms with Gasteiger partial charge in [-0.05, 0) is 24.3 Å². The molecule has 5 rings (SSSR count). The van der Waals surface area contributed by atoms with Crippen LogP contribution >= 0.6 is 0 Å². The molecule has 3 N–H and O–H groups in total. The fourth-order valence-electron chi connectivity index (χ4n) is 3.03. The number of nitrogens with one attached hydrogen (secondary N) is 3. The first-order valence-electron chi connectivity index (χ1n) is 7.95. The Morgan fingerprint density at radius 3 is 2.73 bits per heavy atom. The number of anilines is 1. The number of hydrogen-bond donors (Lipinski definition) is 3. The van der Waals surface area contributed by atoms with E-state index in [-0.39, 0.29) is 11.1 Å². The predicted molar refractivity (Wildman–Crippen MR) is 97.4 cm³/mol. The van der Waals surface area contributed by atoms with E-state index >= 15 is 0 Å². The summed E-state index contributed by atoms with van der Waals surface area (Å²) in [5, 5.41) is 7.47. The minimum absolute atomic E-state index is 0.258. The van der Waals surface area contributed by atoms with Crippen molar-refractivity contribution in [1.82, 2.24) is 24.6 Å². The summed E-state index contributed by atoms with van der Waals surface area (Å²) in [5.74, 6) is -0.0799. The van der Waals surface area contributed by atoms with E-state index in [0.29, 0.717) is 22.5 Å². The molecule has 0 spiro atoms. The van der Waals surface area contributed by atoms with E-state index in [1.165, 1.54) is 6.20 Å². The van der Waals surface area contributed by atoms with Gasteiger partial charge >= 0.3 is 0 Å². The summed E-state index contributed by atoms with van der Waals surface area (Å²) >= 11 is 0. The van der Waals surface area contributed by atoms with Gasteiger partial charge in [-0.2, -0.15) is 5.10 Å². The van der Waals surface area contributed by atoms with Crippen LogP contribution in [-0.4, -0.2) is 30.5 Å². The lowest BCUT2D eigenvalue weighted by atomic mass is 10.2. The average Bonchev–Trinajstić information content (AvgIpc) is 3.25. The number of rotatable bonds is 2. The van der Waals surface area contributed by atoms with Crippen molar-refractivity contribution in [2.75, 3.05) is 5.32 Å². The molecule has 8 heteroatoms. The zero-order valence-electron chi connectivity index (χ0n) is 13.4. The molecule has 3 heterocycles. The molecule has 0 aliphatic heterocycles. The molecule has 8 nitrogen and oxygen atoms in total. The molecule has 26 heavy (non-hydrogen) atoms. The highest BCUT2D eigenvalue weighted by molar-refractivity contribution is 6.08. The fourth-order valence-corrected chi connectivity index (χ4v) is 3.03. The Morgan fingerprint density at radius 2 is 1.85 bits per heavy atom. The van der Waals surface area contributed by atoms with Gasteiger partial charge in [-0.3, -0.25) is 14.9 Å². The molecule has 0 unspecified atom stereocenters. The normalized spacial score (nSPS) is 11.4. The van der Waals surface area contributed by atoms with Crippen LogP contribution < -0.4 is 10.9 Å². The van der Waals surface area contributed by atoms with Gasteiger partial charge in [0.1, 0.15) is 11.2 Å². The number of benzene rings is 2. The van der Waals surface area contributed by atoms with Crippen molar-refractivity contribution in [3.05, 3.63) is 70.6 Å². The minimum atomic E-state index is -0.412. The van der Waals surface area contributed by atoms with E-state index in [4.69, 9.17) is 0 Å². The maximum Gasteiger partial charge on any atom is 0.263 e. The molecule has 0 saturated heterocycles. The standard InChI is InChI=1S/C18H12N6O2/c25-16-10-5-1-4-8-14(10)24-15(22-16)11(9-19-24)17(26)23-18-20-12-6-2-3-7-13(12)21-18/h1-9H,(H,22,25)(H2,20,21,23,26). The van der Waals surface area contributed by atoms with Gasteiger partial charge < -0.3 is 9.97 Å². The Morgan fingerprint density at radius 1 is 1.04 bits per heavy atom. The van der Waals surface area contributed by atoms with Gasteiger partial charge in [-0.25, -0.2) is 9.50 Å². The summed E-state index contributed by atoms with van der Waals surface area (Å²) in [6, 6.07) is 14.6. The van der Waals surface area contributed by atoms with Crippen molar-refractivity contribution in [2.24, 2.45) is 0 Å². The summed E-state index contributed by atoms with van der Waals surface area (Å²) in [4.78, 5) is 35.0. The molecule has 0 saturated carbocycles. The van der Waals surface area contributed by atoms with Crippen LogP contribution in [0, 0.1) is 0 Å². The van der Waals surface area contributed by atoms with Gasteiger partial charge in [-0.1, -0.05) is 24.3 Å². The monoisotopic (exact) mass is 344 g/mol. The molecular weight excluding hydrogens is 332 g/mol. The van der Waals surface area contributed by atoms with Crippen molar-refractivity contribution < 1.29 is 4.79 Å². The zero-order chi connectivity index (χ0) is 17.7. The summed E-state index contributed by atoms with van der Waals surface area (Å²) in [5.41, 5.74) is 2.53. The number of carbonyl (C=O) groups excluding carboxylic acids is 1.